The fourth-order valence-electron chi connectivity index (χ4n) is 3.74. The SMILES string of the molecule is Cc1cc(C(=O)O)cc2c(CCN3CCCC3)c(C)n(C)c12. The van der Waals surface area contributed by atoms with Gasteiger partial charge in [-0.2, -0.15) is 0 Å². The Morgan fingerprint density at radius 1 is 1.23 bits per heavy atom. The van der Waals surface area contributed by atoms with Crippen LogP contribution in [0.15, 0.2) is 12.1 Å². The summed E-state index contributed by atoms with van der Waals surface area (Å²) in [5.41, 5.74) is 5.14. The number of carboxylic acid groups (broad SMARTS) is 1. The minimum absolute atomic E-state index is 0.387. The molecule has 4 nitrogen and oxygen atoms in total. The van der Waals surface area contributed by atoms with E-state index in [0.29, 0.717) is 5.56 Å². The highest BCUT2D eigenvalue weighted by Crippen LogP contribution is 2.29. The highest BCUT2D eigenvalue weighted by molar-refractivity contribution is 5.97. The fourth-order valence-corrected chi connectivity index (χ4v) is 3.74. The molecule has 0 saturated carbocycles. The molecule has 0 spiro atoms. The van der Waals surface area contributed by atoms with Crippen LogP contribution in [0.3, 0.4) is 0 Å². The van der Waals surface area contributed by atoms with E-state index in [-0.39, 0.29) is 0 Å². The van der Waals surface area contributed by atoms with Gasteiger partial charge in [-0.25, -0.2) is 4.79 Å². The Morgan fingerprint density at radius 2 is 1.91 bits per heavy atom. The molecule has 3 rings (SSSR count). The van der Waals surface area contributed by atoms with E-state index in [9.17, 15) is 9.90 Å². The maximum atomic E-state index is 11.4. The smallest absolute Gasteiger partial charge is 0.335 e. The summed E-state index contributed by atoms with van der Waals surface area (Å²) < 4.78 is 2.20. The van der Waals surface area contributed by atoms with Crippen molar-refractivity contribution < 1.29 is 9.90 Å². The summed E-state index contributed by atoms with van der Waals surface area (Å²) in [6, 6.07) is 3.62. The average molecular weight is 300 g/mol. The molecule has 118 valence electrons. The summed E-state index contributed by atoms with van der Waals surface area (Å²) >= 11 is 0. The molecule has 0 aliphatic carbocycles. The first-order valence-electron chi connectivity index (χ1n) is 8.03. The van der Waals surface area contributed by atoms with Gasteiger partial charge >= 0.3 is 5.97 Å². The lowest BCUT2D eigenvalue weighted by Gasteiger charge is -2.14. The summed E-state index contributed by atoms with van der Waals surface area (Å²) in [7, 11) is 2.07. The normalized spacial score (nSPS) is 15.8. The quantitative estimate of drug-likeness (QED) is 0.943. The maximum absolute atomic E-state index is 11.4. The first-order valence-corrected chi connectivity index (χ1v) is 8.03. The standard InChI is InChI=1S/C18H24N2O2/c1-12-10-14(18(21)22)11-16-15(13(2)19(3)17(12)16)6-9-20-7-4-5-8-20/h10-11H,4-9H2,1-3H3,(H,21,22). The molecule has 1 saturated heterocycles. The molecule has 0 bridgehead atoms. The van der Waals surface area contributed by atoms with Crippen molar-refractivity contribution in [3.05, 3.63) is 34.5 Å². The molecule has 1 aromatic carbocycles. The van der Waals surface area contributed by atoms with E-state index in [0.717, 1.165) is 23.9 Å². The number of aromatic carboxylic acids is 1. The second-order valence-corrected chi connectivity index (χ2v) is 6.42. The van der Waals surface area contributed by atoms with Crippen LogP contribution in [-0.4, -0.2) is 40.2 Å². The number of rotatable bonds is 4. The summed E-state index contributed by atoms with van der Waals surface area (Å²) in [4.78, 5) is 13.9. The van der Waals surface area contributed by atoms with Crippen LogP contribution in [-0.2, 0) is 13.5 Å². The topological polar surface area (TPSA) is 45.5 Å². The van der Waals surface area contributed by atoms with Gasteiger partial charge in [0.05, 0.1) is 11.1 Å². The summed E-state index contributed by atoms with van der Waals surface area (Å²) in [5.74, 6) is -0.850. The van der Waals surface area contributed by atoms with Crippen LogP contribution in [0.1, 0.15) is 40.0 Å². The van der Waals surface area contributed by atoms with Crippen LogP contribution >= 0.6 is 0 Å². The average Bonchev–Trinajstić information content (AvgIpc) is 3.06. The Bertz CT molecular complexity index is 724. The van der Waals surface area contributed by atoms with Crippen molar-refractivity contribution in [2.45, 2.75) is 33.1 Å². The predicted octanol–water partition coefficient (Wildman–Crippen LogP) is 3.13. The number of benzene rings is 1. The van der Waals surface area contributed by atoms with E-state index in [1.807, 2.05) is 13.0 Å². The van der Waals surface area contributed by atoms with E-state index in [4.69, 9.17) is 0 Å². The molecule has 2 heterocycles. The molecule has 1 fully saturated rings. The molecule has 1 aliphatic heterocycles. The van der Waals surface area contributed by atoms with Crippen molar-refractivity contribution >= 4 is 16.9 Å². The van der Waals surface area contributed by atoms with Gasteiger partial charge in [-0.15, -0.1) is 0 Å². The third kappa shape index (κ3) is 2.52. The Kier molecular flexibility index (Phi) is 3.96. The van der Waals surface area contributed by atoms with E-state index in [2.05, 4.69) is 23.4 Å². The second-order valence-electron chi connectivity index (χ2n) is 6.42. The number of nitrogens with zero attached hydrogens (tertiary/aromatic N) is 2. The van der Waals surface area contributed by atoms with E-state index in [1.165, 1.54) is 42.7 Å². The molecule has 2 aromatic rings. The van der Waals surface area contributed by atoms with E-state index in [1.54, 1.807) is 6.07 Å². The lowest BCUT2D eigenvalue weighted by Crippen LogP contribution is -2.22. The first kappa shape index (κ1) is 15.1. The van der Waals surface area contributed by atoms with Gasteiger partial charge in [-0.3, -0.25) is 0 Å². The number of hydrogen-bond donors (Lipinski definition) is 1. The zero-order chi connectivity index (χ0) is 15.9. The van der Waals surface area contributed by atoms with Crippen LogP contribution in [0, 0.1) is 13.8 Å². The summed E-state index contributed by atoms with van der Waals surface area (Å²) in [6.45, 7) is 7.60. The van der Waals surface area contributed by atoms with Crippen molar-refractivity contribution in [2.75, 3.05) is 19.6 Å². The van der Waals surface area contributed by atoms with Gasteiger partial charge < -0.3 is 14.6 Å². The molecular weight excluding hydrogens is 276 g/mol. The van der Waals surface area contributed by atoms with Crippen LogP contribution in [0.4, 0.5) is 0 Å². The number of hydrogen-bond acceptors (Lipinski definition) is 2. The minimum Gasteiger partial charge on any atom is -0.478 e. The molecule has 1 aromatic heterocycles. The van der Waals surface area contributed by atoms with Crippen LogP contribution in [0.2, 0.25) is 0 Å². The molecule has 0 unspecified atom stereocenters. The molecule has 0 atom stereocenters. The molecule has 1 aliphatic rings. The summed E-state index contributed by atoms with van der Waals surface area (Å²) in [6.07, 6.45) is 3.60. The molecule has 0 amide bonds. The zero-order valence-corrected chi connectivity index (χ0v) is 13.6. The third-order valence-corrected chi connectivity index (χ3v) is 5.02. The molecule has 4 heteroatoms. The monoisotopic (exact) mass is 300 g/mol. The van der Waals surface area contributed by atoms with Gasteiger partial charge in [-0.05, 0) is 69.5 Å². The maximum Gasteiger partial charge on any atom is 0.335 e. The van der Waals surface area contributed by atoms with Crippen molar-refractivity contribution in [2.24, 2.45) is 7.05 Å². The van der Waals surface area contributed by atoms with E-state index < -0.39 is 5.97 Å². The Labute approximate surface area is 131 Å². The minimum atomic E-state index is -0.850. The van der Waals surface area contributed by atoms with Gasteiger partial charge in [0.1, 0.15) is 0 Å². The fraction of sp³-hybridized carbons (Fsp3) is 0.500. The van der Waals surface area contributed by atoms with E-state index >= 15 is 0 Å². The Hall–Kier alpha value is -1.81. The van der Waals surface area contributed by atoms with Gasteiger partial charge in [-0.1, -0.05) is 0 Å². The number of aromatic nitrogens is 1. The van der Waals surface area contributed by atoms with Crippen LogP contribution < -0.4 is 0 Å². The second kappa shape index (κ2) is 5.76. The molecule has 0 radical (unpaired) electrons. The number of carboxylic acids is 1. The zero-order valence-electron chi connectivity index (χ0n) is 13.6. The highest BCUT2D eigenvalue weighted by Gasteiger charge is 2.18. The van der Waals surface area contributed by atoms with Gasteiger partial charge in [0.2, 0.25) is 0 Å². The molecule has 1 N–H and O–H groups in total. The number of aryl methyl sites for hydroxylation is 2. The van der Waals surface area contributed by atoms with Gasteiger partial charge in [0.15, 0.2) is 0 Å². The molecule has 22 heavy (non-hydrogen) atoms. The van der Waals surface area contributed by atoms with Gasteiger partial charge in [0, 0.05) is 24.7 Å². The largest absolute Gasteiger partial charge is 0.478 e. The summed E-state index contributed by atoms with van der Waals surface area (Å²) in [5, 5.41) is 10.4. The predicted molar refractivity (Wildman–Crippen MR) is 88.7 cm³/mol. The van der Waals surface area contributed by atoms with Crippen molar-refractivity contribution in [3.8, 4) is 0 Å². The lowest BCUT2D eigenvalue weighted by atomic mass is 10.0. The van der Waals surface area contributed by atoms with Crippen molar-refractivity contribution in [3.63, 3.8) is 0 Å². The number of carbonyl (C=O) groups is 1. The van der Waals surface area contributed by atoms with Crippen molar-refractivity contribution in [1.29, 1.82) is 0 Å². The first-order chi connectivity index (χ1) is 10.5. The third-order valence-electron chi connectivity index (χ3n) is 5.02. The lowest BCUT2D eigenvalue weighted by molar-refractivity contribution is 0.0697. The Balaban J connectivity index is 2.03. The van der Waals surface area contributed by atoms with Crippen molar-refractivity contribution in [1.82, 2.24) is 9.47 Å². The highest BCUT2D eigenvalue weighted by atomic mass is 16.4. The van der Waals surface area contributed by atoms with Crippen LogP contribution in [0.25, 0.3) is 10.9 Å². The van der Waals surface area contributed by atoms with Gasteiger partial charge in [0.25, 0.3) is 0 Å². The van der Waals surface area contributed by atoms with Crippen LogP contribution in [0.5, 0.6) is 0 Å². The Morgan fingerprint density at radius 3 is 2.55 bits per heavy atom. The molecular formula is C18H24N2O2. The number of likely N-dealkylation sites (tertiary alicyclic amines) is 1. The number of fused-ring (bicyclic) bond motifs is 1.